The highest BCUT2D eigenvalue weighted by Gasteiger charge is 2.18. The van der Waals surface area contributed by atoms with Crippen molar-refractivity contribution in [1.82, 2.24) is 14.6 Å². The number of nitrogens with zero attached hydrogens (tertiary/aromatic N) is 3. The smallest absolute Gasteiger partial charge is 0.340 e. The monoisotopic (exact) mass is 270 g/mol. The van der Waals surface area contributed by atoms with E-state index in [1.807, 2.05) is 0 Å². The molecular weight excluding hydrogens is 264 g/mol. The van der Waals surface area contributed by atoms with Gasteiger partial charge in [0.25, 0.3) is 0 Å². The van der Waals surface area contributed by atoms with Gasteiger partial charge in [-0.3, -0.25) is 0 Å². The van der Waals surface area contributed by atoms with Crippen molar-refractivity contribution in [2.45, 2.75) is 0 Å². The number of ether oxygens (including phenoxy) is 1. The summed E-state index contributed by atoms with van der Waals surface area (Å²) in [7, 11) is 1.31. The van der Waals surface area contributed by atoms with Gasteiger partial charge in [0.15, 0.2) is 5.82 Å². The Morgan fingerprint density at radius 2 is 2.40 bits per heavy atom. The van der Waals surface area contributed by atoms with Crippen molar-refractivity contribution in [2.75, 3.05) is 12.8 Å². The first-order valence-electron chi connectivity index (χ1n) is 4.01. The average Bonchev–Trinajstić information content (AvgIpc) is 2.57. The number of hydrogen-bond donors (Lipinski definition) is 1. The Morgan fingerprint density at radius 3 is 3.07 bits per heavy atom. The third-order valence-corrected chi connectivity index (χ3v) is 2.51. The molecule has 0 radical (unpaired) electrons. The van der Waals surface area contributed by atoms with Gasteiger partial charge >= 0.3 is 5.97 Å². The highest BCUT2D eigenvalue weighted by atomic mass is 79.9. The Morgan fingerprint density at radius 1 is 1.67 bits per heavy atom. The predicted octanol–water partition coefficient (Wildman–Crippen LogP) is 0.861. The first-order valence-corrected chi connectivity index (χ1v) is 4.80. The van der Waals surface area contributed by atoms with Gasteiger partial charge in [0.1, 0.15) is 16.4 Å². The van der Waals surface area contributed by atoms with E-state index in [1.165, 1.54) is 18.0 Å². The van der Waals surface area contributed by atoms with Gasteiger partial charge < -0.3 is 10.5 Å². The summed E-state index contributed by atoms with van der Waals surface area (Å²) in [4.78, 5) is 15.2. The second kappa shape index (κ2) is 3.50. The Hall–Kier alpha value is -1.63. The molecule has 0 aliphatic carbocycles. The number of nitrogen functional groups attached to an aromatic ring is 1. The summed E-state index contributed by atoms with van der Waals surface area (Å²) in [5.41, 5.74) is 6.44. The molecule has 2 aromatic rings. The number of hydrogen-bond acceptors (Lipinski definition) is 5. The minimum Gasteiger partial charge on any atom is -0.465 e. The van der Waals surface area contributed by atoms with Crippen LogP contribution in [0.4, 0.5) is 5.82 Å². The lowest BCUT2D eigenvalue weighted by Crippen LogP contribution is -2.04. The second-order valence-corrected chi connectivity index (χ2v) is 3.59. The molecule has 0 aromatic carbocycles. The van der Waals surface area contributed by atoms with Gasteiger partial charge in [-0.15, -0.1) is 0 Å². The molecule has 7 heteroatoms. The first kappa shape index (κ1) is 9.91. The van der Waals surface area contributed by atoms with E-state index in [-0.39, 0.29) is 5.82 Å². The van der Waals surface area contributed by atoms with E-state index in [0.717, 1.165) is 0 Å². The van der Waals surface area contributed by atoms with E-state index in [2.05, 4.69) is 30.7 Å². The highest BCUT2D eigenvalue weighted by molar-refractivity contribution is 9.10. The summed E-state index contributed by atoms with van der Waals surface area (Å²) in [6, 6.07) is 1.59. The van der Waals surface area contributed by atoms with Crippen molar-refractivity contribution >= 4 is 33.2 Å². The van der Waals surface area contributed by atoms with Crippen LogP contribution >= 0.6 is 15.9 Å². The van der Waals surface area contributed by atoms with Crippen molar-refractivity contribution < 1.29 is 9.53 Å². The number of aromatic nitrogens is 3. The molecule has 2 rings (SSSR count). The van der Waals surface area contributed by atoms with Crippen LogP contribution in [0.3, 0.4) is 0 Å². The molecule has 6 nitrogen and oxygen atoms in total. The van der Waals surface area contributed by atoms with Gasteiger partial charge in [0.2, 0.25) is 0 Å². The molecule has 0 saturated heterocycles. The molecule has 0 fully saturated rings. The van der Waals surface area contributed by atoms with Crippen LogP contribution in [0, 0.1) is 0 Å². The second-order valence-electron chi connectivity index (χ2n) is 2.78. The van der Waals surface area contributed by atoms with Crippen LogP contribution in [0.15, 0.2) is 17.0 Å². The Labute approximate surface area is 93.2 Å². The molecule has 0 bridgehead atoms. The molecule has 2 heterocycles. The zero-order chi connectivity index (χ0) is 11.0. The lowest BCUT2D eigenvalue weighted by Gasteiger charge is -1.99. The summed E-state index contributed by atoms with van der Waals surface area (Å²) in [6.45, 7) is 0. The molecule has 0 saturated carbocycles. The lowest BCUT2D eigenvalue weighted by molar-refractivity contribution is 0.0603. The number of halogens is 1. The standard InChI is InChI=1S/C8H7BrN4O2/c1-15-8(14)4-2-5(9)13-6(4)7(10)11-3-12-13/h2-3H,1H3,(H2,10,11,12). The normalized spacial score (nSPS) is 10.5. The molecule has 0 aliphatic heterocycles. The molecule has 0 aliphatic rings. The molecule has 2 aromatic heterocycles. The summed E-state index contributed by atoms with van der Waals surface area (Å²) in [5.74, 6) is -0.240. The van der Waals surface area contributed by atoms with E-state index in [1.54, 1.807) is 6.07 Å². The number of fused-ring (bicyclic) bond motifs is 1. The molecule has 78 valence electrons. The van der Waals surface area contributed by atoms with Crippen molar-refractivity contribution in [3.63, 3.8) is 0 Å². The van der Waals surface area contributed by atoms with E-state index in [9.17, 15) is 4.79 Å². The number of anilines is 1. The van der Waals surface area contributed by atoms with Crippen molar-refractivity contribution in [2.24, 2.45) is 0 Å². The molecule has 2 N–H and O–H groups in total. The summed E-state index contributed by atoms with van der Waals surface area (Å²) in [6.07, 6.45) is 1.31. The minimum absolute atomic E-state index is 0.233. The van der Waals surface area contributed by atoms with Crippen LogP contribution in [0.2, 0.25) is 0 Å². The van der Waals surface area contributed by atoms with Crippen LogP contribution in [0.25, 0.3) is 5.52 Å². The third-order valence-electron chi connectivity index (χ3n) is 1.94. The molecule has 0 spiro atoms. The summed E-state index contributed by atoms with van der Waals surface area (Å²) >= 11 is 3.26. The maximum atomic E-state index is 11.4. The Bertz CT molecular complexity index is 537. The number of carbonyl (C=O) groups excluding carboxylic acids is 1. The SMILES string of the molecule is COC(=O)c1cc(Br)n2ncnc(N)c12. The fraction of sp³-hybridized carbons (Fsp3) is 0.125. The van der Waals surface area contributed by atoms with E-state index in [0.29, 0.717) is 15.7 Å². The topological polar surface area (TPSA) is 82.5 Å². The van der Waals surface area contributed by atoms with Gasteiger partial charge in [-0.1, -0.05) is 0 Å². The molecule has 0 amide bonds. The third kappa shape index (κ3) is 1.44. The fourth-order valence-corrected chi connectivity index (χ4v) is 1.79. The lowest BCUT2D eigenvalue weighted by atomic mass is 10.3. The van der Waals surface area contributed by atoms with Crippen molar-refractivity contribution in [3.05, 3.63) is 22.6 Å². The van der Waals surface area contributed by atoms with Crippen LogP contribution in [0.1, 0.15) is 10.4 Å². The number of nitrogens with two attached hydrogens (primary N) is 1. The van der Waals surface area contributed by atoms with E-state index < -0.39 is 5.97 Å². The Kier molecular flexibility index (Phi) is 2.31. The zero-order valence-electron chi connectivity index (χ0n) is 7.77. The molecule has 15 heavy (non-hydrogen) atoms. The Balaban J connectivity index is 2.81. The fourth-order valence-electron chi connectivity index (χ4n) is 1.30. The first-order chi connectivity index (χ1) is 7.15. The van der Waals surface area contributed by atoms with Gasteiger partial charge in [-0.2, -0.15) is 5.10 Å². The summed E-state index contributed by atoms with van der Waals surface area (Å²) < 4.78 is 6.73. The number of methoxy groups -OCH3 is 1. The number of carbonyl (C=O) groups is 1. The largest absolute Gasteiger partial charge is 0.465 e. The van der Waals surface area contributed by atoms with Gasteiger partial charge in [0.05, 0.1) is 12.7 Å². The van der Waals surface area contributed by atoms with Crippen molar-refractivity contribution in [3.8, 4) is 0 Å². The number of esters is 1. The van der Waals surface area contributed by atoms with Gasteiger partial charge in [-0.25, -0.2) is 14.3 Å². The summed E-state index contributed by atoms with van der Waals surface area (Å²) in [5, 5.41) is 3.95. The van der Waals surface area contributed by atoms with Crippen LogP contribution in [-0.2, 0) is 4.74 Å². The highest BCUT2D eigenvalue weighted by Crippen LogP contribution is 2.23. The molecule has 0 atom stereocenters. The van der Waals surface area contributed by atoms with Gasteiger partial charge in [0, 0.05) is 0 Å². The van der Waals surface area contributed by atoms with Gasteiger partial charge in [-0.05, 0) is 22.0 Å². The molecular formula is C8H7BrN4O2. The zero-order valence-corrected chi connectivity index (χ0v) is 9.35. The van der Waals surface area contributed by atoms with E-state index >= 15 is 0 Å². The van der Waals surface area contributed by atoms with Crippen LogP contribution < -0.4 is 5.73 Å². The van der Waals surface area contributed by atoms with Crippen LogP contribution in [-0.4, -0.2) is 27.7 Å². The predicted molar refractivity (Wildman–Crippen MR) is 56.4 cm³/mol. The van der Waals surface area contributed by atoms with Crippen LogP contribution in [0.5, 0.6) is 0 Å². The maximum absolute atomic E-state index is 11.4. The quantitative estimate of drug-likeness (QED) is 0.778. The maximum Gasteiger partial charge on any atom is 0.340 e. The minimum atomic E-state index is -0.472. The van der Waals surface area contributed by atoms with E-state index in [4.69, 9.17) is 5.73 Å². The van der Waals surface area contributed by atoms with Crippen molar-refractivity contribution in [1.29, 1.82) is 0 Å². The number of rotatable bonds is 1. The molecule has 0 unspecified atom stereocenters. The average molecular weight is 271 g/mol.